The lowest BCUT2D eigenvalue weighted by molar-refractivity contribution is -0.198. The maximum Gasteiger partial charge on any atom is 0.336 e. The average Bonchev–Trinajstić information content (AvgIpc) is 3.16. The Balaban J connectivity index is 1.63. The minimum atomic E-state index is -0.486. The van der Waals surface area contributed by atoms with Gasteiger partial charge in [0, 0.05) is 12.8 Å². The van der Waals surface area contributed by atoms with Gasteiger partial charge in [-0.25, -0.2) is 4.79 Å². The predicted molar refractivity (Wildman–Crippen MR) is 69.2 cm³/mol. The molecule has 0 aromatic heterocycles. The largest absolute Gasteiger partial charge is 0.336 e. The van der Waals surface area contributed by atoms with Crippen LogP contribution in [0, 0.1) is 12.8 Å². The van der Waals surface area contributed by atoms with Crippen molar-refractivity contribution < 1.29 is 19.2 Å². The molecule has 2 fully saturated rings. The quantitative estimate of drug-likeness (QED) is 0.786. The van der Waals surface area contributed by atoms with Crippen molar-refractivity contribution in [3.8, 4) is 0 Å². The van der Waals surface area contributed by atoms with Crippen LogP contribution in [0.1, 0.15) is 36.3 Å². The normalized spacial score (nSPS) is 24.9. The van der Waals surface area contributed by atoms with E-state index in [-0.39, 0.29) is 24.7 Å². The van der Waals surface area contributed by atoms with Crippen LogP contribution < -0.4 is 0 Å². The van der Waals surface area contributed by atoms with Gasteiger partial charge in [0.05, 0.1) is 5.92 Å². The number of hydrogen-bond donors (Lipinski definition) is 0. The molecule has 1 aromatic rings. The van der Waals surface area contributed by atoms with E-state index in [0.29, 0.717) is 11.5 Å². The van der Waals surface area contributed by atoms with Gasteiger partial charge in [0.15, 0.2) is 0 Å². The Hall–Kier alpha value is -2.17. The third-order valence-corrected chi connectivity index (χ3v) is 3.75. The van der Waals surface area contributed by atoms with Gasteiger partial charge >= 0.3 is 5.97 Å². The monoisotopic (exact) mass is 273 g/mol. The fourth-order valence-corrected chi connectivity index (χ4v) is 2.54. The van der Waals surface area contributed by atoms with Crippen LogP contribution >= 0.6 is 0 Å². The molecule has 1 aliphatic carbocycles. The molecule has 1 aromatic carbocycles. The van der Waals surface area contributed by atoms with E-state index in [2.05, 4.69) is 0 Å². The molecule has 2 atom stereocenters. The average molecular weight is 273 g/mol. The Morgan fingerprint density at radius 2 is 1.95 bits per heavy atom. The van der Waals surface area contributed by atoms with Gasteiger partial charge in [-0.05, 0) is 24.8 Å². The molecule has 1 saturated carbocycles. The summed E-state index contributed by atoms with van der Waals surface area (Å²) in [5.74, 6) is -1.47. The van der Waals surface area contributed by atoms with E-state index < -0.39 is 17.8 Å². The first-order valence-corrected chi connectivity index (χ1v) is 6.70. The van der Waals surface area contributed by atoms with Gasteiger partial charge in [-0.3, -0.25) is 9.59 Å². The van der Waals surface area contributed by atoms with Crippen LogP contribution in [-0.2, 0) is 19.2 Å². The molecule has 20 heavy (non-hydrogen) atoms. The number of hydrogen-bond acceptors (Lipinski definition) is 4. The molecule has 0 unspecified atom stereocenters. The smallest absolute Gasteiger partial charge is 0.330 e. The van der Waals surface area contributed by atoms with Gasteiger partial charge in [0.2, 0.25) is 0 Å². The molecule has 2 amide bonds. The van der Waals surface area contributed by atoms with E-state index >= 15 is 0 Å². The molecular formula is C15H15NO4. The summed E-state index contributed by atoms with van der Waals surface area (Å²) >= 11 is 0. The zero-order valence-corrected chi connectivity index (χ0v) is 11.2. The summed E-state index contributed by atoms with van der Waals surface area (Å²) in [5, 5.41) is 0.619. The lowest BCUT2D eigenvalue weighted by Gasteiger charge is -2.12. The van der Waals surface area contributed by atoms with Crippen molar-refractivity contribution in [1.82, 2.24) is 5.06 Å². The van der Waals surface area contributed by atoms with E-state index in [9.17, 15) is 14.4 Å². The number of amides is 2. The molecular weight excluding hydrogens is 258 g/mol. The van der Waals surface area contributed by atoms with Crippen molar-refractivity contribution in [3.05, 3.63) is 35.4 Å². The summed E-state index contributed by atoms with van der Waals surface area (Å²) in [7, 11) is 0. The van der Waals surface area contributed by atoms with Crippen LogP contribution in [0.3, 0.4) is 0 Å². The van der Waals surface area contributed by atoms with Crippen LogP contribution in [0.5, 0.6) is 0 Å². The number of rotatable bonds is 3. The first-order valence-electron chi connectivity index (χ1n) is 6.70. The summed E-state index contributed by atoms with van der Waals surface area (Å²) in [6.45, 7) is 2.00. The number of nitrogens with zero attached hydrogens (tertiary/aromatic N) is 1. The first kappa shape index (κ1) is 12.8. The van der Waals surface area contributed by atoms with Crippen LogP contribution in [0.15, 0.2) is 24.3 Å². The van der Waals surface area contributed by atoms with E-state index in [1.54, 1.807) is 0 Å². The van der Waals surface area contributed by atoms with Crippen LogP contribution in [0.4, 0.5) is 0 Å². The van der Waals surface area contributed by atoms with Crippen molar-refractivity contribution in [2.45, 2.75) is 32.1 Å². The lowest BCUT2D eigenvalue weighted by Crippen LogP contribution is -2.32. The Morgan fingerprint density at radius 3 is 2.60 bits per heavy atom. The molecule has 104 valence electrons. The molecule has 5 heteroatoms. The van der Waals surface area contributed by atoms with Crippen LogP contribution in [-0.4, -0.2) is 22.8 Å². The summed E-state index contributed by atoms with van der Waals surface area (Å²) < 4.78 is 0. The van der Waals surface area contributed by atoms with Crippen LogP contribution in [0.2, 0.25) is 0 Å². The highest BCUT2D eigenvalue weighted by Gasteiger charge is 2.47. The zero-order chi connectivity index (χ0) is 14.3. The van der Waals surface area contributed by atoms with Crippen molar-refractivity contribution in [2.24, 2.45) is 5.92 Å². The Labute approximate surface area is 116 Å². The minimum absolute atomic E-state index is 0.123. The number of benzene rings is 1. The molecule has 0 bridgehead atoms. The highest BCUT2D eigenvalue weighted by atomic mass is 16.7. The molecule has 1 saturated heterocycles. The van der Waals surface area contributed by atoms with Crippen molar-refractivity contribution in [1.29, 1.82) is 0 Å². The second kappa shape index (κ2) is 4.74. The molecule has 2 aliphatic rings. The number of hydroxylamine groups is 2. The van der Waals surface area contributed by atoms with E-state index in [0.717, 1.165) is 11.1 Å². The molecule has 0 N–H and O–H groups in total. The lowest BCUT2D eigenvalue weighted by atomic mass is 10.1. The molecule has 1 heterocycles. The third kappa shape index (κ3) is 2.31. The standard InChI is InChI=1S/C15H15NO4/c1-9-3-2-4-10(7-9)11-8-12(11)15(19)20-16-13(17)5-6-14(16)18/h2-4,7,11-12H,5-6,8H2,1H3/t11-,12+/m1/s1. The van der Waals surface area contributed by atoms with Gasteiger partial charge in [-0.1, -0.05) is 29.8 Å². The number of carbonyl (C=O) groups excluding carboxylic acids is 3. The first-order chi connectivity index (χ1) is 9.56. The maximum atomic E-state index is 12.0. The van der Waals surface area contributed by atoms with E-state index in [4.69, 9.17) is 4.84 Å². The van der Waals surface area contributed by atoms with Crippen molar-refractivity contribution in [3.63, 3.8) is 0 Å². The fourth-order valence-electron chi connectivity index (χ4n) is 2.54. The van der Waals surface area contributed by atoms with Gasteiger partial charge in [0.1, 0.15) is 0 Å². The Kier molecular flexibility index (Phi) is 3.04. The minimum Gasteiger partial charge on any atom is -0.330 e. The predicted octanol–water partition coefficient (Wildman–Crippen LogP) is 1.71. The van der Waals surface area contributed by atoms with Gasteiger partial charge in [-0.2, -0.15) is 0 Å². The maximum absolute atomic E-state index is 12.0. The van der Waals surface area contributed by atoms with Gasteiger partial charge < -0.3 is 4.84 Å². The van der Waals surface area contributed by atoms with Crippen molar-refractivity contribution >= 4 is 17.8 Å². The summed E-state index contributed by atoms with van der Waals surface area (Å²) in [6.07, 6.45) is 0.953. The van der Waals surface area contributed by atoms with E-state index in [1.165, 1.54) is 0 Å². The Bertz CT molecular complexity index is 579. The topological polar surface area (TPSA) is 63.7 Å². The van der Waals surface area contributed by atoms with E-state index in [1.807, 2.05) is 31.2 Å². The molecule has 0 radical (unpaired) electrons. The molecule has 5 nitrogen and oxygen atoms in total. The highest BCUT2D eigenvalue weighted by molar-refractivity contribution is 6.01. The van der Waals surface area contributed by atoms with Gasteiger partial charge in [-0.15, -0.1) is 5.06 Å². The molecule has 1 aliphatic heterocycles. The number of carbonyl (C=O) groups is 3. The second-order valence-electron chi connectivity index (χ2n) is 5.36. The zero-order valence-electron chi connectivity index (χ0n) is 11.2. The fraction of sp³-hybridized carbons (Fsp3) is 0.400. The third-order valence-electron chi connectivity index (χ3n) is 3.75. The second-order valence-corrected chi connectivity index (χ2v) is 5.36. The number of aryl methyl sites for hydroxylation is 1. The van der Waals surface area contributed by atoms with Gasteiger partial charge in [0.25, 0.3) is 11.8 Å². The van der Waals surface area contributed by atoms with Crippen LogP contribution in [0.25, 0.3) is 0 Å². The summed E-state index contributed by atoms with van der Waals surface area (Å²) in [4.78, 5) is 39.7. The summed E-state index contributed by atoms with van der Waals surface area (Å²) in [5.41, 5.74) is 2.25. The SMILES string of the molecule is Cc1cccc([C@H]2C[C@@H]2C(=O)ON2C(=O)CCC2=O)c1. The summed E-state index contributed by atoms with van der Waals surface area (Å²) in [6, 6.07) is 7.99. The molecule has 3 rings (SSSR count). The molecule has 0 spiro atoms. The van der Waals surface area contributed by atoms with Crippen molar-refractivity contribution in [2.75, 3.05) is 0 Å². The Morgan fingerprint density at radius 1 is 1.25 bits per heavy atom. The number of imide groups is 1. The highest BCUT2D eigenvalue weighted by Crippen LogP contribution is 2.48.